The van der Waals surface area contributed by atoms with E-state index in [1.807, 2.05) is 0 Å². The molecule has 3 heterocycles. The highest BCUT2D eigenvalue weighted by molar-refractivity contribution is 7.07. The van der Waals surface area contributed by atoms with Crippen LogP contribution in [0.3, 0.4) is 0 Å². The summed E-state index contributed by atoms with van der Waals surface area (Å²) in [5, 5.41) is 11.2. The second-order valence-corrected chi connectivity index (χ2v) is 10.3. The SMILES string of the molecule is CCOC(=O)C1=C(C)N=c2s/c(=C\c3ccc(-c4ccc([N+](=O)[O-])cc4OC)o3)c(=O)n2C1c1ccc(OC)c(OC)c1. The number of ether oxygens (including phenoxy) is 4. The molecule has 1 atom stereocenters. The van der Waals surface area contributed by atoms with E-state index in [1.54, 1.807) is 50.3 Å². The number of methoxy groups -OCH3 is 3. The standard InChI is InChI=1S/C30H27N3O9S/c1-6-41-29(35)26-16(2)31-30-32(27(26)17-7-11-22(38-3)24(13-17)40-5)28(34)25(43-30)15-19-9-12-21(42-19)20-10-8-18(33(36)37)14-23(20)39-4/h7-15,27H,6H2,1-5H3/b25-15-. The van der Waals surface area contributed by atoms with Crippen molar-refractivity contribution in [3.05, 3.63) is 101 Å². The predicted molar refractivity (Wildman–Crippen MR) is 157 cm³/mol. The highest BCUT2D eigenvalue weighted by Crippen LogP contribution is 2.37. The number of thiazole rings is 1. The van der Waals surface area contributed by atoms with E-state index in [2.05, 4.69) is 4.99 Å². The van der Waals surface area contributed by atoms with Crippen LogP contribution in [0.5, 0.6) is 17.2 Å². The molecule has 2 aromatic carbocycles. The normalized spacial score (nSPS) is 14.6. The van der Waals surface area contributed by atoms with Crippen molar-refractivity contribution in [2.24, 2.45) is 4.99 Å². The summed E-state index contributed by atoms with van der Waals surface area (Å²) in [6, 6.07) is 11.9. The minimum absolute atomic E-state index is 0.116. The molecule has 12 nitrogen and oxygen atoms in total. The van der Waals surface area contributed by atoms with Gasteiger partial charge in [-0.3, -0.25) is 19.5 Å². The van der Waals surface area contributed by atoms with Crippen LogP contribution in [0.2, 0.25) is 0 Å². The number of carbonyl (C=O) groups excluding carboxylic acids is 1. The summed E-state index contributed by atoms with van der Waals surface area (Å²) in [5.74, 6) is 1.39. The lowest BCUT2D eigenvalue weighted by molar-refractivity contribution is -0.384. The average molecular weight is 606 g/mol. The Morgan fingerprint density at radius 1 is 1.07 bits per heavy atom. The lowest BCUT2D eigenvalue weighted by Gasteiger charge is -2.25. The molecule has 0 saturated carbocycles. The molecule has 2 aromatic heterocycles. The Kier molecular flexibility index (Phi) is 8.17. The number of benzene rings is 2. The Morgan fingerprint density at radius 2 is 1.81 bits per heavy atom. The minimum atomic E-state index is -0.839. The van der Waals surface area contributed by atoms with Crippen molar-refractivity contribution >= 4 is 29.1 Å². The Balaban J connectivity index is 1.63. The van der Waals surface area contributed by atoms with Gasteiger partial charge in [0.15, 0.2) is 16.3 Å². The van der Waals surface area contributed by atoms with Gasteiger partial charge in [-0.2, -0.15) is 0 Å². The highest BCUT2D eigenvalue weighted by Gasteiger charge is 2.34. The summed E-state index contributed by atoms with van der Waals surface area (Å²) >= 11 is 1.15. The topological polar surface area (TPSA) is 145 Å². The molecule has 1 aliphatic rings. The van der Waals surface area contributed by atoms with Crippen LogP contribution in [0.15, 0.2) is 74.0 Å². The smallest absolute Gasteiger partial charge is 0.338 e. The number of carbonyl (C=O) groups is 1. The number of non-ortho nitro benzene ring substituents is 1. The first kappa shape index (κ1) is 29.3. The molecule has 43 heavy (non-hydrogen) atoms. The largest absolute Gasteiger partial charge is 0.496 e. The van der Waals surface area contributed by atoms with E-state index in [-0.39, 0.29) is 29.2 Å². The van der Waals surface area contributed by atoms with E-state index >= 15 is 0 Å². The maximum absolute atomic E-state index is 13.9. The quantitative estimate of drug-likeness (QED) is 0.157. The third-order valence-corrected chi connectivity index (χ3v) is 7.78. The van der Waals surface area contributed by atoms with Crippen LogP contribution in [0.4, 0.5) is 5.69 Å². The van der Waals surface area contributed by atoms with Gasteiger partial charge in [0.2, 0.25) is 0 Å². The van der Waals surface area contributed by atoms with Gasteiger partial charge in [-0.05, 0) is 49.7 Å². The van der Waals surface area contributed by atoms with Gasteiger partial charge in [0, 0.05) is 12.1 Å². The molecule has 1 unspecified atom stereocenters. The fourth-order valence-corrected chi connectivity index (χ4v) is 5.86. The van der Waals surface area contributed by atoms with Crippen molar-refractivity contribution in [3.63, 3.8) is 0 Å². The number of nitro groups is 1. The van der Waals surface area contributed by atoms with E-state index in [4.69, 9.17) is 23.4 Å². The van der Waals surface area contributed by atoms with Crippen LogP contribution in [0.1, 0.15) is 31.2 Å². The van der Waals surface area contributed by atoms with E-state index in [9.17, 15) is 19.7 Å². The zero-order valence-electron chi connectivity index (χ0n) is 23.9. The predicted octanol–water partition coefficient (Wildman–Crippen LogP) is 3.99. The van der Waals surface area contributed by atoms with Crippen LogP contribution in [-0.4, -0.2) is 43.4 Å². The van der Waals surface area contributed by atoms with Gasteiger partial charge < -0.3 is 23.4 Å². The Morgan fingerprint density at radius 3 is 2.49 bits per heavy atom. The summed E-state index contributed by atoms with van der Waals surface area (Å²) in [6.45, 7) is 3.56. The zero-order chi connectivity index (χ0) is 30.8. The third kappa shape index (κ3) is 5.42. The van der Waals surface area contributed by atoms with Gasteiger partial charge in [0.1, 0.15) is 17.3 Å². The zero-order valence-corrected chi connectivity index (χ0v) is 24.7. The van der Waals surface area contributed by atoms with Gasteiger partial charge in [0.25, 0.3) is 11.2 Å². The van der Waals surface area contributed by atoms with Crippen molar-refractivity contribution in [2.75, 3.05) is 27.9 Å². The Labute approximate surface area is 248 Å². The summed E-state index contributed by atoms with van der Waals surface area (Å²) in [7, 11) is 4.44. The van der Waals surface area contributed by atoms with Gasteiger partial charge in [-0.1, -0.05) is 17.4 Å². The maximum Gasteiger partial charge on any atom is 0.338 e. The second-order valence-electron chi connectivity index (χ2n) is 9.26. The van der Waals surface area contributed by atoms with Crippen molar-refractivity contribution in [3.8, 4) is 28.6 Å². The summed E-state index contributed by atoms with van der Waals surface area (Å²) in [4.78, 5) is 42.7. The number of aromatic nitrogens is 1. The number of furan rings is 1. The van der Waals surface area contributed by atoms with Crippen LogP contribution >= 0.6 is 11.3 Å². The fraction of sp³-hybridized carbons (Fsp3) is 0.233. The molecule has 0 bridgehead atoms. The molecule has 1 aliphatic heterocycles. The van der Waals surface area contributed by atoms with Crippen molar-refractivity contribution in [1.29, 1.82) is 0 Å². The van der Waals surface area contributed by atoms with E-state index < -0.39 is 16.9 Å². The first-order chi connectivity index (χ1) is 20.7. The first-order valence-corrected chi connectivity index (χ1v) is 13.9. The first-order valence-electron chi connectivity index (χ1n) is 13.0. The summed E-state index contributed by atoms with van der Waals surface area (Å²) in [6.07, 6.45) is 1.58. The van der Waals surface area contributed by atoms with E-state index in [0.29, 0.717) is 49.2 Å². The molecular weight excluding hydrogens is 578 g/mol. The number of fused-ring (bicyclic) bond motifs is 1. The molecule has 222 valence electrons. The van der Waals surface area contributed by atoms with Crippen molar-refractivity contribution in [2.45, 2.75) is 19.9 Å². The van der Waals surface area contributed by atoms with E-state index in [0.717, 1.165) is 11.3 Å². The van der Waals surface area contributed by atoms with Crippen molar-refractivity contribution < 1.29 is 33.1 Å². The Bertz CT molecular complexity index is 1950. The van der Waals surface area contributed by atoms with E-state index in [1.165, 1.54) is 44.1 Å². The molecule has 0 fully saturated rings. The summed E-state index contributed by atoms with van der Waals surface area (Å²) < 4.78 is 29.3. The molecule has 13 heteroatoms. The van der Waals surface area contributed by atoms with Gasteiger partial charge in [-0.25, -0.2) is 9.79 Å². The lowest BCUT2D eigenvalue weighted by atomic mass is 9.95. The number of nitrogens with zero attached hydrogens (tertiary/aromatic N) is 3. The Hall–Kier alpha value is -5.17. The number of nitro benzene ring substituents is 1. The minimum Gasteiger partial charge on any atom is -0.496 e. The fourth-order valence-electron chi connectivity index (χ4n) is 4.83. The maximum atomic E-state index is 13.9. The monoisotopic (exact) mass is 605 g/mol. The highest BCUT2D eigenvalue weighted by atomic mass is 32.1. The molecule has 4 aromatic rings. The van der Waals surface area contributed by atoms with Gasteiger partial charge >= 0.3 is 5.97 Å². The molecule has 0 saturated heterocycles. The van der Waals surface area contributed by atoms with Crippen LogP contribution in [-0.2, 0) is 9.53 Å². The number of esters is 1. The van der Waals surface area contributed by atoms with Gasteiger partial charge in [0.05, 0.1) is 66.3 Å². The molecule has 0 amide bonds. The molecular formula is C30H27N3O9S. The molecule has 5 rings (SSSR count). The van der Waals surface area contributed by atoms with Crippen LogP contribution in [0, 0.1) is 10.1 Å². The molecule has 0 spiro atoms. The number of hydrogen-bond donors (Lipinski definition) is 0. The number of allylic oxidation sites excluding steroid dienone is 1. The van der Waals surface area contributed by atoms with Crippen LogP contribution in [0.25, 0.3) is 17.4 Å². The van der Waals surface area contributed by atoms with Crippen LogP contribution < -0.4 is 29.1 Å². The molecule has 0 radical (unpaired) electrons. The van der Waals surface area contributed by atoms with Crippen molar-refractivity contribution in [1.82, 2.24) is 4.57 Å². The third-order valence-electron chi connectivity index (χ3n) is 6.80. The molecule has 0 aliphatic carbocycles. The lowest BCUT2D eigenvalue weighted by Crippen LogP contribution is -2.39. The summed E-state index contributed by atoms with van der Waals surface area (Å²) in [5.41, 5.74) is 1.28. The second kappa shape index (κ2) is 12.0. The number of hydrogen-bond acceptors (Lipinski definition) is 11. The van der Waals surface area contributed by atoms with Gasteiger partial charge in [-0.15, -0.1) is 0 Å². The number of rotatable bonds is 9. The molecule has 0 N–H and O–H groups in total. The average Bonchev–Trinajstić information content (AvgIpc) is 3.59.